The molecule has 1 aromatic heterocycles. The smallest absolute Gasteiger partial charge is 0.277 e. The molecule has 12 heteroatoms. The zero-order chi connectivity index (χ0) is 31.9. The minimum absolute atomic E-state index is 0.138. The molecular formula is C34H40N6O6. The number of aryl methyl sites for hydroxylation is 1. The summed E-state index contributed by atoms with van der Waals surface area (Å²) in [5.41, 5.74) is 4.39. The number of aliphatic hydroxyl groups is 2. The minimum atomic E-state index is -0.993. The fraction of sp³-hybridized carbons (Fsp3) is 0.471. The van der Waals surface area contributed by atoms with E-state index in [4.69, 9.17) is 4.42 Å². The highest BCUT2D eigenvalue weighted by Gasteiger charge is 2.55. The van der Waals surface area contributed by atoms with E-state index in [9.17, 15) is 24.6 Å². The Hall–Kier alpha value is -4.42. The van der Waals surface area contributed by atoms with Gasteiger partial charge in [-0.15, -0.1) is 0 Å². The number of carbonyl (C=O) groups is 3. The Bertz CT molecular complexity index is 1630. The van der Waals surface area contributed by atoms with Gasteiger partial charge in [0, 0.05) is 56.4 Å². The van der Waals surface area contributed by atoms with Crippen LogP contribution in [0.1, 0.15) is 63.9 Å². The molecule has 2 bridgehead atoms. The van der Waals surface area contributed by atoms with E-state index in [0.29, 0.717) is 43.1 Å². The summed E-state index contributed by atoms with van der Waals surface area (Å²) < 4.78 is 5.54. The van der Waals surface area contributed by atoms with Crippen LogP contribution in [0.15, 0.2) is 53.1 Å². The van der Waals surface area contributed by atoms with Crippen LogP contribution in [0, 0.1) is 12.8 Å². The van der Waals surface area contributed by atoms with E-state index >= 15 is 0 Å². The van der Waals surface area contributed by atoms with Crippen LogP contribution in [0.25, 0.3) is 0 Å². The summed E-state index contributed by atoms with van der Waals surface area (Å²) in [6.07, 6.45) is 2.46. The van der Waals surface area contributed by atoms with Crippen molar-refractivity contribution >= 4 is 34.8 Å². The Morgan fingerprint density at radius 1 is 0.978 bits per heavy atom. The molecule has 12 nitrogen and oxygen atoms in total. The number of benzene rings is 2. The quantitative estimate of drug-likeness (QED) is 0.248. The van der Waals surface area contributed by atoms with Crippen molar-refractivity contribution in [1.82, 2.24) is 15.2 Å². The van der Waals surface area contributed by atoms with Gasteiger partial charge in [-0.2, -0.15) is 0 Å². The summed E-state index contributed by atoms with van der Waals surface area (Å²) in [4.78, 5) is 49.6. The molecule has 7 rings (SSSR count). The number of piperazine rings is 1. The maximum Gasteiger partial charge on any atom is 0.277 e. The number of fused-ring (bicyclic) bond motifs is 2. The Morgan fingerprint density at radius 3 is 2.43 bits per heavy atom. The summed E-state index contributed by atoms with van der Waals surface area (Å²) >= 11 is 0. The van der Waals surface area contributed by atoms with Gasteiger partial charge in [0.1, 0.15) is 12.4 Å². The molecule has 2 saturated carbocycles. The number of carbonyl (C=O) groups excluding carboxylic acids is 3. The molecule has 46 heavy (non-hydrogen) atoms. The molecule has 3 heterocycles. The lowest BCUT2D eigenvalue weighted by Gasteiger charge is -2.38. The molecule has 2 aliphatic heterocycles. The Labute approximate surface area is 267 Å². The Morgan fingerprint density at radius 2 is 1.72 bits per heavy atom. The second-order valence-corrected chi connectivity index (χ2v) is 12.8. The van der Waals surface area contributed by atoms with E-state index in [0.717, 1.165) is 44.7 Å². The van der Waals surface area contributed by atoms with Crippen LogP contribution >= 0.6 is 0 Å². The molecule has 2 aliphatic carbocycles. The first-order chi connectivity index (χ1) is 22.3. The number of aliphatic hydroxyl groups excluding tert-OH is 2. The van der Waals surface area contributed by atoms with E-state index in [1.54, 1.807) is 17.0 Å². The normalized spacial score (nSPS) is 24.1. The number of rotatable bonds is 10. The first kappa shape index (κ1) is 30.2. The Kier molecular flexibility index (Phi) is 8.16. The molecule has 2 aromatic carbocycles. The first-order valence-electron chi connectivity index (χ1n) is 16.2. The van der Waals surface area contributed by atoms with Crippen LogP contribution in [0.4, 0.5) is 17.1 Å². The fourth-order valence-corrected chi connectivity index (χ4v) is 7.02. The maximum atomic E-state index is 13.3. The minimum Gasteiger partial charge on any atom is -0.448 e. The van der Waals surface area contributed by atoms with Gasteiger partial charge in [-0.05, 0) is 62.4 Å². The van der Waals surface area contributed by atoms with E-state index in [-0.39, 0.29) is 29.5 Å². The monoisotopic (exact) mass is 628 g/mol. The molecule has 4 N–H and O–H groups in total. The van der Waals surface area contributed by atoms with E-state index in [1.165, 1.54) is 17.5 Å². The number of nitrogens with one attached hydrogen (secondary N) is 2. The molecule has 4 fully saturated rings. The average molecular weight is 629 g/mol. The number of hydrogen-bond acceptors (Lipinski definition) is 9. The number of hydrogen-bond donors (Lipinski definition) is 4. The van der Waals surface area contributed by atoms with Crippen molar-refractivity contribution in [2.45, 2.75) is 56.8 Å². The fourth-order valence-electron chi connectivity index (χ4n) is 7.02. The number of aromatic nitrogens is 1. The van der Waals surface area contributed by atoms with Crippen LogP contribution in [0.2, 0.25) is 0 Å². The van der Waals surface area contributed by atoms with Gasteiger partial charge in [0.2, 0.25) is 5.91 Å². The highest BCUT2D eigenvalue weighted by molar-refractivity contribution is 6.06. The molecule has 2 unspecified atom stereocenters. The summed E-state index contributed by atoms with van der Waals surface area (Å²) in [5, 5.41) is 26.1. The molecule has 0 spiro atoms. The predicted molar refractivity (Wildman–Crippen MR) is 171 cm³/mol. The molecule has 3 aromatic rings. The van der Waals surface area contributed by atoms with Gasteiger partial charge in [-0.1, -0.05) is 18.2 Å². The SMILES string of the molecule is Cc1ccccc1N1CCN(c2ccc(C(=O)NCCCN3C(=O)[C@H]4C[C@@H]3C(O)C4O)cc2NC(=O)c2coc(C3CC3)n2)CC1. The molecule has 4 atom stereocenters. The molecular weight excluding hydrogens is 588 g/mol. The summed E-state index contributed by atoms with van der Waals surface area (Å²) in [5.74, 6) is -0.506. The molecule has 4 aliphatic rings. The topological polar surface area (TPSA) is 151 Å². The number of nitrogens with zero attached hydrogens (tertiary/aromatic N) is 4. The zero-order valence-corrected chi connectivity index (χ0v) is 25.9. The van der Waals surface area contributed by atoms with Crippen molar-refractivity contribution in [3.63, 3.8) is 0 Å². The van der Waals surface area contributed by atoms with Gasteiger partial charge in [0.25, 0.3) is 11.8 Å². The van der Waals surface area contributed by atoms with Crippen molar-refractivity contribution in [3.8, 4) is 0 Å². The van der Waals surface area contributed by atoms with Gasteiger partial charge < -0.3 is 40.0 Å². The second kappa shape index (κ2) is 12.4. The standard InChI is InChI=1S/C34H40N6O6/c1-20-5-2-3-6-26(20)38-13-15-39(16-14-38)27-10-9-22(17-24(27)36-32(44)25-19-46-33(37-25)21-7-8-21)31(43)35-11-4-12-40-28-18-23(34(40)45)29(41)30(28)42/h2-3,5-6,9-10,17,19,21,23,28-30,41-42H,4,7-8,11-16,18H2,1H3,(H,35,43)(H,36,44)/t23-,28+,29?,30?/m0/s1. The summed E-state index contributed by atoms with van der Waals surface area (Å²) in [6, 6.07) is 13.3. The maximum absolute atomic E-state index is 13.3. The first-order valence-corrected chi connectivity index (χ1v) is 16.2. The number of amides is 3. The molecule has 0 radical (unpaired) electrons. The number of piperidine rings is 1. The molecule has 2 saturated heterocycles. The van der Waals surface area contributed by atoms with Gasteiger partial charge in [-0.25, -0.2) is 4.98 Å². The van der Waals surface area contributed by atoms with Crippen molar-refractivity contribution in [2.24, 2.45) is 5.92 Å². The lowest BCUT2D eigenvalue weighted by molar-refractivity contribution is -0.146. The van der Waals surface area contributed by atoms with Crippen LogP contribution in [-0.2, 0) is 4.79 Å². The number of para-hydroxylation sites is 1. The van der Waals surface area contributed by atoms with Crippen molar-refractivity contribution in [1.29, 1.82) is 0 Å². The van der Waals surface area contributed by atoms with Gasteiger partial charge in [0.05, 0.1) is 29.4 Å². The predicted octanol–water partition coefficient (Wildman–Crippen LogP) is 2.51. The second-order valence-electron chi connectivity index (χ2n) is 12.8. The van der Waals surface area contributed by atoms with Crippen molar-refractivity contribution in [2.75, 3.05) is 54.4 Å². The third kappa shape index (κ3) is 5.82. The van der Waals surface area contributed by atoms with Crippen LogP contribution in [0.3, 0.4) is 0 Å². The number of oxazole rings is 1. The largest absolute Gasteiger partial charge is 0.448 e. The lowest BCUT2D eigenvalue weighted by Crippen LogP contribution is -2.51. The van der Waals surface area contributed by atoms with E-state index in [2.05, 4.69) is 50.5 Å². The summed E-state index contributed by atoms with van der Waals surface area (Å²) in [6.45, 7) is 5.92. The third-order valence-corrected chi connectivity index (χ3v) is 9.78. The highest BCUT2D eigenvalue weighted by atomic mass is 16.3. The van der Waals surface area contributed by atoms with Crippen LogP contribution in [0.5, 0.6) is 0 Å². The Balaban J connectivity index is 1.02. The molecule has 3 amide bonds. The summed E-state index contributed by atoms with van der Waals surface area (Å²) in [7, 11) is 0. The number of anilines is 3. The van der Waals surface area contributed by atoms with E-state index < -0.39 is 24.0 Å². The van der Waals surface area contributed by atoms with Crippen molar-refractivity contribution < 1.29 is 29.0 Å². The number of likely N-dealkylation sites (tertiary alicyclic amines) is 1. The van der Waals surface area contributed by atoms with Crippen LogP contribution in [-0.4, -0.2) is 95.3 Å². The van der Waals surface area contributed by atoms with Gasteiger partial charge >= 0.3 is 0 Å². The third-order valence-electron chi connectivity index (χ3n) is 9.78. The van der Waals surface area contributed by atoms with Gasteiger partial charge in [-0.3, -0.25) is 14.4 Å². The zero-order valence-electron chi connectivity index (χ0n) is 25.9. The van der Waals surface area contributed by atoms with E-state index in [1.807, 2.05) is 12.1 Å². The van der Waals surface area contributed by atoms with Crippen LogP contribution < -0.4 is 20.4 Å². The molecule has 242 valence electrons. The lowest BCUT2D eigenvalue weighted by atomic mass is 10.0. The van der Waals surface area contributed by atoms with Crippen molar-refractivity contribution in [3.05, 3.63) is 71.4 Å². The average Bonchev–Trinajstić information content (AvgIpc) is 3.59. The highest BCUT2D eigenvalue weighted by Crippen LogP contribution is 2.40. The van der Waals surface area contributed by atoms with Gasteiger partial charge in [0.15, 0.2) is 11.6 Å².